The number of rotatable bonds is 6. The van der Waals surface area contributed by atoms with Gasteiger partial charge < -0.3 is 5.32 Å². The fraction of sp³-hybridized carbons (Fsp3) is 0.600. The summed E-state index contributed by atoms with van der Waals surface area (Å²) in [6.45, 7) is 5.39. The van der Waals surface area contributed by atoms with Crippen LogP contribution in [0, 0.1) is 0 Å². The first kappa shape index (κ1) is 11.5. The highest BCUT2D eigenvalue weighted by Gasteiger charge is 2.00. The van der Waals surface area contributed by atoms with E-state index in [1.165, 1.54) is 6.42 Å². The number of hydrogen-bond acceptors (Lipinski definition) is 4. The van der Waals surface area contributed by atoms with Gasteiger partial charge in [0.2, 0.25) is 0 Å². The van der Waals surface area contributed by atoms with Crippen molar-refractivity contribution in [2.24, 2.45) is 0 Å². The van der Waals surface area contributed by atoms with Crippen molar-refractivity contribution < 1.29 is 0 Å². The number of hydrogen-bond donors (Lipinski definition) is 1. The molecule has 0 spiro atoms. The Labute approximate surface area is 89.7 Å². The highest BCUT2D eigenvalue weighted by molar-refractivity contribution is 7.99. The van der Waals surface area contributed by atoms with Crippen LogP contribution in [-0.4, -0.2) is 28.3 Å². The Morgan fingerprint density at radius 3 is 3.07 bits per heavy atom. The second-order valence-corrected chi connectivity index (χ2v) is 4.26. The zero-order chi connectivity index (χ0) is 10.2. The third-order valence-corrected chi connectivity index (χ3v) is 2.89. The van der Waals surface area contributed by atoms with Crippen molar-refractivity contribution in [1.29, 1.82) is 0 Å². The van der Waals surface area contributed by atoms with Crippen molar-refractivity contribution in [3.8, 4) is 0 Å². The largest absolute Gasteiger partial charge is 0.315 e. The number of aromatic nitrogens is 2. The molecule has 1 atom stereocenters. The van der Waals surface area contributed by atoms with E-state index < -0.39 is 0 Å². The minimum absolute atomic E-state index is 0.592. The summed E-state index contributed by atoms with van der Waals surface area (Å²) in [6.07, 6.45) is 4.54. The summed E-state index contributed by atoms with van der Waals surface area (Å²) in [5.41, 5.74) is 0. The quantitative estimate of drug-likeness (QED) is 0.576. The average Bonchev–Trinajstić information content (AvgIpc) is 2.20. The molecule has 1 N–H and O–H groups in total. The lowest BCUT2D eigenvalue weighted by Gasteiger charge is -2.10. The van der Waals surface area contributed by atoms with E-state index in [-0.39, 0.29) is 0 Å². The van der Waals surface area contributed by atoms with Crippen LogP contribution in [0.15, 0.2) is 23.6 Å². The number of thioether (sulfide) groups is 1. The molecule has 0 saturated carbocycles. The van der Waals surface area contributed by atoms with Crippen molar-refractivity contribution in [2.75, 3.05) is 12.3 Å². The molecule has 0 aliphatic rings. The SMILES string of the molecule is CCNC(C)CCSc1ccncn1. The molecule has 0 bridgehead atoms. The lowest BCUT2D eigenvalue weighted by Crippen LogP contribution is -2.25. The molecule has 1 unspecified atom stereocenters. The summed E-state index contributed by atoms with van der Waals surface area (Å²) in [7, 11) is 0. The maximum atomic E-state index is 4.15. The summed E-state index contributed by atoms with van der Waals surface area (Å²) < 4.78 is 0. The topological polar surface area (TPSA) is 37.8 Å². The molecule has 0 radical (unpaired) electrons. The van der Waals surface area contributed by atoms with Crippen LogP contribution in [0.3, 0.4) is 0 Å². The predicted octanol–water partition coefficient (Wildman–Crippen LogP) is 1.96. The molecule has 14 heavy (non-hydrogen) atoms. The number of nitrogens with one attached hydrogen (secondary N) is 1. The van der Waals surface area contributed by atoms with Gasteiger partial charge in [-0.15, -0.1) is 11.8 Å². The Hall–Kier alpha value is -0.610. The Bertz CT molecular complexity index is 240. The lowest BCUT2D eigenvalue weighted by molar-refractivity contribution is 0.556. The summed E-state index contributed by atoms with van der Waals surface area (Å²) >= 11 is 1.78. The lowest BCUT2D eigenvalue weighted by atomic mass is 10.3. The number of nitrogens with zero attached hydrogens (tertiary/aromatic N) is 2. The molecule has 0 aliphatic carbocycles. The molecule has 1 aromatic heterocycles. The molecule has 0 amide bonds. The second-order valence-electron chi connectivity index (χ2n) is 3.14. The molecule has 3 nitrogen and oxygen atoms in total. The second kappa shape index (κ2) is 6.79. The molecule has 0 aromatic carbocycles. The molecule has 1 aromatic rings. The Morgan fingerprint density at radius 2 is 2.43 bits per heavy atom. The molecule has 4 heteroatoms. The van der Waals surface area contributed by atoms with Gasteiger partial charge in [-0.25, -0.2) is 9.97 Å². The first-order chi connectivity index (χ1) is 6.83. The standard InChI is InChI=1S/C10H17N3S/c1-3-12-9(2)5-7-14-10-4-6-11-8-13-10/h4,6,8-9,12H,3,5,7H2,1-2H3. The van der Waals surface area contributed by atoms with Crippen molar-refractivity contribution >= 4 is 11.8 Å². The van der Waals surface area contributed by atoms with Gasteiger partial charge in [-0.3, -0.25) is 0 Å². The molecule has 1 rings (SSSR count). The first-order valence-corrected chi connectivity index (χ1v) is 5.93. The first-order valence-electron chi connectivity index (χ1n) is 4.95. The average molecular weight is 211 g/mol. The maximum absolute atomic E-state index is 4.15. The van der Waals surface area contributed by atoms with Crippen molar-refractivity contribution in [2.45, 2.75) is 31.3 Å². The van der Waals surface area contributed by atoms with E-state index in [4.69, 9.17) is 0 Å². The van der Waals surface area contributed by atoms with E-state index in [1.54, 1.807) is 24.3 Å². The fourth-order valence-electron chi connectivity index (χ4n) is 1.15. The molecular weight excluding hydrogens is 194 g/mol. The van der Waals surface area contributed by atoms with Crippen LogP contribution in [0.5, 0.6) is 0 Å². The van der Waals surface area contributed by atoms with Gasteiger partial charge in [-0.05, 0) is 26.0 Å². The van der Waals surface area contributed by atoms with Crippen LogP contribution in [0.1, 0.15) is 20.3 Å². The Morgan fingerprint density at radius 1 is 1.57 bits per heavy atom. The molecule has 78 valence electrons. The van der Waals surface area contributed by atoms with Crippen LogP contribution in [0.4, 0.5) is 0 Å². The Kier molecular flexibility index (Phi) is 5.56. The summed E-state index contributed by atoms with van der Waals surface area (Å²) in [5.74, 6) is 1.10. The van der Waals surface area contributed by atoms with Crippen LogP contribution in [-0.2, 0) is 0 Å². The minimum atomic E-state index is 0.592. The predicted molar refractivity (Wildman–Crippen MR) is 60.5 cm³/mol. The normalized spacial score (nSPS) is 12.7. The van der Waals surface area contributed by atoms with Crippen LogP contribution in [0.25, 0.3) is 0 Å². The van der Waals surface area contributed by atoms with Crippen molar-refractivity contribution in [1.82, 2.24) is 15.3 Å². The molecule has 1 heterocycles. The monoisotopic (exact) mass is 211 g/mol. The van der Waals surface area contributed by atoms with Gasteiger partial charge in [-0.1, -0.05) is 6.92 Å². The smallest absolute Gasteiger partial charge is 0.116 e. The highest BCUT2D eigenvalue weighted by Crippen LogP contribution is 2.14. The van der Waals surface area contributed by atoms with Gasteiger partial charge in [0, 0.05) is 18.0 Å². The molecule has 0 fully saturated rings. The van der Waals surface area contributed by atoms with E-state index in [0.29, 0.717) is 6.04 Å². The third-order valence-electron chi connectivity index (χ3n) is 1.91. The third kappa shape index (κ3) is 4.58. The fourth-order valence-corrected chi connectivity index (χ4v) is 2.11. The van der Waals surface area contributed by atoms with Gasteiger partial charge in [0.05, 0.1) is 5.03 Å². The van der Waals surface area contributed by atoms with Crippen molar-refractivity contribution in [3.05, 3.63) is 18.6 Å². The maximum Gasteiger partial charge on any atom is 0.116 e. The van der Waals surface area contributed by atoms with Gasteiger partial charge in [0.25, 0.3) is 0 Å². The van der Waals surface area contributed by atoms with Crippen LogP contribution >= 0.6 is 11.8 Å². The van der Waals surface area contributed by atoms with E-state index in [1.807, 2.05) is 6.07 Å². The minimum Gasteiger partial charge on any atom is -0.315 e. The summed E-state index contributed by atoms with van der Waals surface area (Å²) in [6, 6.07) is 2.54. The van der Waals surface area contributed by atoms with Crippen LogP contribution in [0.2, 0.25) is 0 Å². The van der Waals surface area contributed by atoms with E-state index >= 15 is 0 Å². The van der Waals surface area contributed by atoms with Gasteiger partial charge in [0.1, 0.15) is 6.33 Å². The summed E-state index contributed by atoms with van der Waals surface area (Å²) in [4.78, 5) is 8.03. The zero-order valence-electron chi connectivity index (χ0n) is 8.73. The van der Waals surface area contributed by atoms with Gasteiger partial charge in [-0.2, -0.15) is 0 Å². The van der Waals surface area contributed by atoms with Crippen molar-refractivity contribution in [3.63, 3.8) is 0 Å². The molecular formula is C10H17N3S. The Balaban J connectivity index is 2.16. The van der Waals surface area contributed by atoms with Gasteiger partial charge in [0.15, 0.2) is 0 Å². The van der Waals surface area contributed by atoms with E-state index in [0.717, 1.165) is 17.3 Å². The van der Waals surface area contributed by atoms with E-state index in [2.05, 4.69) is 29.1 Å². The summed E-state index contributed by atoms with van der Waals surface area (Å²) in [5, 5.41) is 4.44. The molecule has 0 saturated heterocycles. The van der Waals surface area contributed by atoms with E-state index in [9.17, 15) is 0 Å². The zero-order valence-corrected chi connectivity index (χ0v) is 9.55. The van der Waals surface area contributed by atoms with Crippen LogP contribution < -0.4 is 5.32 Å². The molecule has 0 aliphatic heterocycles. The van der Waals surface area contributed by atoms with Gasteiger partial charge >= 0.3 is 0 Å². The highest BCUT2D eigenvalue weighted by atomic mass is 32.2.